The third-order valence-electron chi connectivity index (χ3n) is 3.26. The number of hydrogen-bond donors (Lipinski definition) is 1. The molecule has 1 heterocycles. The Morgan fingerprint density at radius 3 is 2.62 bits per heavy atom. The van der Waals surface area contributed by atoms with Crippen LogP contribution in [0.3, 0.4) is 0 Å². The normalized spacial score (nSPS) is 35.8. The van der Waals surface area contributed by atoms with Crippen molar-refractivity contribution in [3.8, 4) is 0 Å². The van der Waals surface area contributed by atoms with E-state index >= 15 is 0 Å². The average Bonchev–Trinajstić information content (AvgIpc) is 2.12. The van der Waals surface area contributed by atoms with Crippen LogP contribution in [0.1, 0.15) is 12.8 Å². The summed E-state index contributed by atoms with van der Waals surface area (Å²) >= 11 is 0. The highest BCUT2D eigenvalue weighted by Gasteiger charge is 2.29. The largest absolute Gasteiger partial charge is 0.379 e. The third kappa shape index (κ3) is 2.42. The molecule has 0 amide bonds. The molecule has 0 bridgehead atoms. The molecule has 1 aliphatic heterocycles. The van der Waals surface area contributed by atoms with Crippen LogP contribution in [0, 0.1) is 5.92 Å². The third-order valence-corrected chi connectivity index (χ3v) is 3.26. The molecular weight excluding hydrogens is 164 g/mol. The lowest BCUT2D eigenvalue weighted by Crippen LogP contribution is -2.46. The quantitative estimate of drug-likeness (QED) is 0.683. The van der Waals surface area contributed by atoms with Gasteiger partial charge in [0.2, 0.25) is 0 Å². The van der Waals surface area contributed by atoms with Crippen molar-refractivity contribution >= 4 is 0 Å². The lowest BCUT2D eigenvalue weighted by Gasteiger charge is -2.39. The summed E-state index contributed by atoms with van der Waals surface area (Å²) in [5.74, 6) is 0.940. The number of nitrogens with one attached hydrogen (secondary N) is 1. The zero-order chi connectivity index (χ0) is 9.10. The van der Waals surface area contributed by atoms with Crippen molar-refractivity contribution in [3.63, 3.8) is 0 Å². The van der Waals surface area contributed by atoms with E-state index in [0.717, 1.165) is 38.3 Å². The van der Waals surface area contributed by atoms with Gasteiger partial charge in [0.15, 0.2) is 0 Å². The van der Waals surface area contributed by atoms with E-state index in [-0.39, 0.29) is 0 Å². The maximum absolute atomic E-state index is 5.32. The predicted octanol–water partition coefficient (Wildman–Crippen LogP) is 0.317. The summed E-state index contributed by atoms with van der Waals surface area (Å²) in [4.78, 5) is 2.54. The lowest BCUT2D eigenvalue weighted by atomic mass is 9.80. The fourth-order valence-corrected chi connectivity index (χ4v) is 2.27. The maximum Gasteiger partial charge on any atom is 0.0594 e. The van der Waals surface area contributed by atoms with Gasteiger partial charge >= 0.3 is 0 Å². The summed E-state index contributed by atoms with van der Waals surface area (Å²) in [5.41, 5.74) is 0. The summed E-state index contributed by atoms with van der Waals surface area (Å²) in [6, 6.07) is 0.797. The van der Waals surface area contributed by atoms with E-state index in [1.54, 1.807) is 0 Å². The van der Waals surface area contributed by atoms with Gasteiger partial charge in [-0.15, -0.1) is 0 Å². The average molecular weight is 184 g/mol. The first-order valence-electron chi connectivity index (χ1n) is 5.36. The molecule has 2 fully saturated rings. The van der Waals surface area contributed by atoms with Crippen LogP contribution in [0.5, 0.6) is 0 Å². The van der Waals surface area contributed by atoms with E-state index in [0.29, 0.717) is 0 Å². The second-order valence-corrected chi connectivity index (χ2v) is 4.24. The van der Waals surface area contributed by atoms with Gasteiger partial charge < -0.3 is 10.1 Å². The van der Waals surface area contributed by atoms with E-state index in [1.807, 2.05) is 0 Å². The van der Waals surface area contributed by atoms with Crippen molar-refractivity contribution in [2.24, 2.45) is 5.92 Å². The SMILES string of the molecule is CNC1CC(CN2CCOCC2)C1. The molecule has 3 nitrogen and oxygen atoms in total. The van der Waals surface area contributed by atoms with E-state index in [2.05, 4.69) is 17.3 Å². The molecule has 1 saturated carbocycles. The van der Waals surface area contributed by atoms with Crippen LogP contribution in [0.15, 0.2) is 0 Å². The lowest BCUT2D eigenvalue weighted by molar-refractivity contribution is 0.0207. The zero-order valence-electron chi connectivity index (χ0n) is 8.46. The molecule has 1 aliphatic carbocycles. The molecule has 0 aromatic heterocycles. The second kappa shape index (κ2) is 4.40. The van der Waals surface area contributed by atoms with E-state index in [9.17, 15) is 0 Å². The van der Waals surface area contributed by atoms with Gasteiger partial charge in [0.1, 0.15) is 0 Å². The molecule has 0 unspecified atom stereocenters. The standard InChI is InChI=1S/C10H20N2O/c1-11-10-6-9(7-10)8-12-2-4-13-5-3-12/h9-11H,2-8H2,1H3. The maximum atomic E-state index is 5.32. The van der Waals surface area contributed by atoms with E-state index in [4.69, 9.17) is 4.74 Å². The Hall–Kier alpha value is -0.120. The highest BCUT2D eigenvalue weighted by atomic mass is 16.5. The molecule has 76 valence electrons. The summed E-state index contributed by atoms with van der Waals surface area (Å²) in [7, 11) is 2.07. The molecular formula is C10H20N2O. The van der Waals surface area contributed by atoms with Crippen LogP contribution in [0.25, 0.3) is 0 Å². The van der Waals surface area contributed by atoms with Crippen molar-refractivity contribution in [1.29, 1.82) is 0 Å². The van der Waals surface area contributed by atoms with Crippen LogP contribution >= 0.6 is 0 Å². The number of nitrogens with zero attached hydrogens (tertiary/aromatic N) is 1. The first kappa shape index (κ1) is 9.44. The molecule has 0 aromatic carbocycles. The molecule has 0 aromatic rings. The Bertz CT molecular complexity index is 151. The molecule has 2 aliphatic rings. The van der Waals surface area contributed by atoms with Crippen molar-refractivity contribution in [2.75, 3.05) is 39.9 Å². The minimum atomic E-state index is 0.797. The highest BCUT2D eigenvalue weighted by Crippen LogP contribution is 2.27. The zero-order valence-corrected chi connectivity index (χ0v) is 8.46. The monoisotopic (exact) mass is 184 g/mol. The molecule has 1 N–H and O–H groups in total. The van der Waals surface area contributed by atoms with Crippen molar-refractivity contribution in [2.45, 2.75) is 18.9 Å². The first-order valence-corrected chi connectivity index (χ1v) is 5.36. The van der Waals surface area contributed by atoms with Gasteiger partial charge in [-0.1, -0.05) is 0 Å². The second-order valence-electron chi connectivity index (χ2n) is 4.24. The van der Waals surface area contributed by atoms with Crippen LogP contribution < -0.4 is 5.32 Å². The summed E-state index contributed by atoms with van der Waals surface area (Å²) in [6.45, 7) is 5.44. The van der Waals surface area contributed by atoms with Gasteiger partial charge in [-0.2, -0.15) is 0 Å². The fourth-order valence-electron chi connectivity index (χ4n) is 2.27. The summed E-state index contributed by atoms with van der Waals surface area (Å²) < 4.78 is 5.32. The predicted molar refractivity (Wildman–Crippen MR) is 52.8 cm³/mol. The van der Waals surface area contributed by atoms with Crippen molar-refractivity contribution in [3.05, 3.63) is 0 Å². The minimum absolute atomic E-state index is 0.797. The van der Waals surface area contributed by atoms with Gasteiger partial charge in [-0.3, -0.25) is 4.90 Å². The number of rotatable bonds is 3. The van der Waals surface area contributed by atoms with Crippen LogP contribution in [0.4, 0.5) is 0 Å². The van der Waals surface area contributed by atoms with Crippen molar-refractivity contribution < 1.29 is 4.74 Å². The molecule has 0 radical (unpaired) electrons. The van der Waals surface area contributed by atoms with Crippen molar-refractivity contribution in [1.82, 2.24) is 10.2 Å². The Labute approximate surface area is 80.4 Å². The smallest absolute Gasteiger partial charge is 0.0594 e. The Balaban J connectivity index is 1.62. The van der Waals surface area contributed by atoms with Gasteiger partial charge in [-0.25, -0.2) is 0 Å². The number of hydrogen-bond acceptors (Lipinski definition) is 3. The summed E-state index contributed by atoms with van der Waals surface area (Å²) in [5, 5.41) is 3.33. The van der Waals surface area contributed by atoms with Crippen LogP contribution in [-0.4, -0.2) is 50.8 Å². The molecule has 1 saturated heterocycles. The van der Waals surface area contributed by atoms with E-state index in [1.165, 1.54) is 19.4 Å². The molecule has 0 atom stereocenters. The fraction of sp³-hybridized carbons (Fsp3) is 1.00. The minimum Gasteiger partial charge on any atom is -0.379 e. The number of morpholine rings is 1. The van der Waals surface area contributed by atoms with Crippen LogP contribution in [0.2, 0.25) is 0 Å². The summed E-state index contributed by atoms with van der Waals surface area (Å²) in [6.07, 6.45) is 2.74. The Kier molecular flexibility index (Phi) is 3.19. The van der Waals surface area contributed by atoms with Gasteiger partial charge in [0, 0.05) is 25.7 Å². The van der Waals surface area contributed by atoms with Gasteiger partial charge in [0.05, 0.1) is 13.2 Å². The number of ether oxygens (including phenoxy) is 1. The molecule has 0 spiro atoms. The Morgan fingerprint density at radius 1 is 1.31 bits per heavy atom. The van der Waals surface area contributed by atoms with Crippen LogP contribution in [-0.2, 0) is 4.74 Å². The van der Waals surface area contributed by atoms with E-state index < -0.39 is 0 Å². The first-order chi connectivity index (χ1) is 6.38. The molecule has 13 heavy (non-hydrogen) atoms. The molecule has 2 rings (SSSR count). The van der Waals surface area contributed by atoms with Gasteiger partial charge in [-0.05, 0) is 25.8 Å². The highest BCUT2D eigenvalue weighted by molar-refractivity contribution is 4.86. The topological polar surface area (TPSA) is 24.5 Å². The molecule has 3 heteroatoms. The Morgan fingerprint density at radius 2 is 2.00 bits per heavy atom. The van der Waals surface area contributed by atoms with Gasteiger partial charge in [0.25, 0.3) is 0 Å².